The van der Waals surface area contributed by atoms with Crippen molar-refractivity contribution in [3.8, 4) is 0 Å². The molecule has 0 heterocycles. The van der Waals surface area contributed by atoms with Crippen molar-refractivity contribution in [2.75, 3.05) is 20.3 Å². The molecule has 0 aliphatic carbocycles. The lowest BCUT2D eigenvalue weighted by atomic mass is 9.91. The number of hydrogen-bond donors (Lipinski definition) is 2. The molecule has 1 unspecified atom stereocenters. The van der Waals surface area contributed by atoms with Gasteiger partial charge in [-0.2, -0.15) is 0 Å². The van der Waals surface area contributed by atoms with Crippen molar-refractivity contribution in [3.05, 3.63) is 0 Å². The number of aliphatic hydroxyl groups is 1. The third-order valence-corrected chi connectivity index (χ3v) is 2.82. The van der Waals surface area contributed by atoms with Crippen LogP contribution in [0.1, 0.15) is 34.1 Å². The Morgan fingerprint density at radius 3 is 2.27 bits per heavy atom. The predicted molar refractivity (Wildman–Crippen MR) is 59.6 cm³/mol. The molecule has 0 aliphatic heterocycles. The Morgan fingerprint density at radius 1 is 1.40 bits per heavy atom. The molecule has 4 nitrogen and oxygen atoms in total. The van der Waals surface area contributed by atoms with Crippen LogP contribution in [0.25, 0.3) is 0 Å². The van der Waals surface area contributed by atoms with Crippen molar-refractivity contribution in [1.29, 1.82) is 0 Å². The van der Waals surface area contributed by atoms with E-state index in [-0.39, 0.29) is 18.1 Å². The second kappa shape index (κ2) is 5.47. The number of nitrogens with one attached hydrogen (secondary N) is 1. The Hall–Kier alpha value is -0.610. The summed E-state index contributed by atoms with van der Waals surface area (Å²) in [6.07, 6.45) is 0.806. The van der Waals surface area contributed by atoms with Crippen LogP contribution in [0.15, 0.2) is 0 Å². The van der Waals surface area contributed by atoms with Crippen molar-refractivity contribution in [1.82, 2.24) is 5.32 Å². The zero-order valence-electron chi connectivity index (χ0n) is 10.4. The first-order chi connectivity index (χ1) is 6.81. The van der Waals surface area contributed by atoms with Gasteiger partial charge >= 0.3 is 5.97 Å². The number of methoxy groups -OCH3 is 1. The van der Waals surface area contributed by atoms with Gasteiger partial charge in [-0.05, 0) is 27.2 Å². The van der Waals surface area contributed by atoms with Crippen LogP contribution in [0.3, 0.4) is 0 Å². The van der Waals surface area contributed by atoms with Crippen molar-refractivity contribution in [2.45, 2.75) is 39.7 Å². The maximum atomic E-state index is 11.4. The number of carbonyl (C=O) groups excluding carboxylic acids is 1. The highest BCUT2D eigenvalue weighted by atomic mass is 16.5. The Morgan fingerprint density at radius 2 is 1.93 bits per heavy atom. The van der Waals surface area contributed by atoms with Crippen molar-refractivity contribution >= 4 is 5.97 Å². The van der Waals surface area contributed by atoms with Crippen LogP contribution in [0, 0.1) is 5.41 Å². The smallest absolute Gasteiger partial charge is 0.312 e. The number of rotatable bonds is 6. The maximum absolute atomic E-state index is 11.4. The van der Waals surface area contributed by atoms with Crippen molar-refractivity contribution < 1.29 is 14.6 Å². The third kappa shape index (κ3) is 4.18. The van der Waals surface area contributed by atoms with Crippen LogP contribution in [-0.4, -0.2) is 36.9 Å². The van der Waals surface area contributed by atoms with Crippen LogP contribution in [0.4, 0.5) is 0 Å². The fourth-order valence-corrected chi connectivity index (χ4v) is 1.08. The average molecular weight is 217 g/mol. The Balaban J connectivity index is 4.30. The molecule has 0 spiro atoms. The van der Waals surface area contributed by atoms with E-state index in [4.69, 9.17) is 4.74 Å². The van der Waals surface area contributed by atoms with E-state index in [9.17, 15) is 9.90 Å². The van der Waals surface area contributed by atoms with E-state index in [0.29, 0.717) is 6.54 Å². The van der Waals surface area contributed by atoms with Crippen LogP contribution in [-0.2, 0) is 9.53 Å². The first-order valence-electron chi connectivity index (χ1n) is 5.25. The standard InChI is InChI=1S/C11H23NO3/c1-6-11(4,8-13)12-7-10(2,3)9(14)15-5/h12-13H,6-8H2,1-5H3. The van der Waals surface area contributed by atoms with Crippen LogP contribution >= 0.6 is 0 Å². The molecule has 2 N–H and O–H groups in total. The summed E-state index contributed by atoms with van der Waals surface area (Å²) < 4.78 is 4.71. The summed E-state index contributed by atoms with van der Waals surface area (Å²) in [6.45, 7) is 8.11. The third-order valence-electron chi connectivity index (χ3n) is 2.82. The first kappa shape index (κ1) is 14.4. The summed E-state index contributed by atoms with van der Waals surface area (Å²) in [5.74, 6) is -0.244. The second-order valence-corrected chi connectivity index (χ2v) is 4.80. The van der Waals surface area contributed by atoms with Crippen LogP contribution in [0.5, 0.6) is 0 Å². The quantitative estimate of drug-likeness (QED) is 0.650. The summed E-state index contributed by atoms with van der Waals surface area (Å²) in [4.78, 5) is 11.4. The van der Waals surface area contributed by atoms with Gasteiger partial charge in [0.1, 0.15) is 0 Å². The molecule has 0 saturated heterocycles. The van der Waals surface area contributed by atoms with E-state index in [1.807, 2.05) is 27.7 Å². The van der Waals surface area contributed by atoms with E-state index in [2.05, 4.69) is 5.32 Å². The van der Waals surface area contributed by atoms with E-state index in [0.717, 1.165) is 6.42 Å². The molecule has 0 bridgehead atoms. The van der Waals surface area contributed by atoms with E-state index < -0.39 is 5.41 Å². The number of hydrogen-bond acceptors (Lipinski definition) is 4. The van der Waals surface area contributed by atoms with Gasteiger partial charge in [-0.15, -0.1) is 0 Å². The van der Waals surface area contributed by atoms with Crippen LogP contribution < -0.4 is 5.32 Å². The Labute approximate surface area is 92.0 Å². The molecule has 15 heavy (non-hydrogen) atoms. The lowest BCUT2D eigenvalue weighted by Gasteiger charge is -2.32. The van der Waals surface area contributed by atoms with E-state index in [1.54, 1.807) is 0 Å². The van der Waals surface area contributed by atoms with Gasteiger partial charge in [-0.1, -0.05) is 6.92 Å². The molecule has 0 rings (SSSR count). The molecule has 0 aliphatic rings. The molecular weight excluding hydrogens is 194 g/mol. The van der Waals surface area contributed by atoms with Gasteiger partial charge in [0, 0.05) is 12.1 Å². The number of ether oxygens (including phenoxy) is 1. The fraction of sp³-hybridized carbons (Fsp3) is 0.909. The molecule has 0 aromatic carbocycles. The topological polar surface area (TPSA) is 58.6 Å². The highest BCUT2D eigenvalue weighted by molar-refractivity contribution is 5.76. The first-order valence-corrected chi connectivity index (χ1v) is 5.25. The summed E-state index contributed by atoms with van der Waals surface area (Å²) >= 11 is 0. The molecule has 0 radical (unpaired) electrons. The summed E-state index contributed by atoms with van der Waals surface area (Å²) in [7, 11) is 1.38. The van der Waals surface area contributed by atoms with Crippen molar-refractivity contribution in [2.24, 2.45) is 5.41 Å². The van der Waals surface area contributed by atoms with Gasteiger partial charge in [-0.25, -0.2) is 0 Å². The molecule has 0 aromatic heterocycles. The van der Waals surface area contributed by atoms with Crippen LogP contribution in [0.2, 0.25) is 0 Å². The summed E-state index contributed by atoms with van der Waals surface area (Å²) in [5, 5.41) is 12.4. The zero-order chi connectivity index (χ0) is 12.1. The minimum Gasteiger partial charge on any atom is -0.469 e. The lowest BCUT2D eigenvalue weighted by molar-refractivity contribution is -0.150. The molecular formula is C11H23NO3. The van der Waals surface area contributed by atoms with E-state index in [1.165, 1.54) is 7.11 Å². The number of aliphatic hydroxyl groups excluding tert-OH is 1. The Bertz CT molecular complexity index is 210. The van der Waals surface area contributed by atoms with Gasteiger partial charge < -0.3 is 15.2 Å². The normalized spacial score (nSPS) is 15.9. The molecule has 0 aromatic rings. The van der Waals surface area contributed by atoms with Gasteiger partial charge in [0.05, 0.1) is 19.1 Å². The van der Waals surface area contributed by atoms with Gasteiger partial charge in [0.2, 0.25) is 0 Å². The number of carbonyl (C=O) groups is 1. The van der Waals surface area contributed by atoms with Gasteiger partial charge in [0.25, 0.3) is 0 Å². The van der Waals surface area contributed by atoms with E-state index >= 15 is 0 Å². The highest BCUT2D eigenvalue weighted by Crippen LogP contribution is 2.18. The summed E-state index contributed by atoms with van der Waals surface area (Å²) in [5.41, 5.74) is -0.897. The highest BCUT2D eigenvalue weighted by Gasteiger charge is 2.31. The minimum atomic E-state index is -0.569. The fourth-order valence-electron chi connectivity index (χ4n) is 1.08. The summed E-state index contributed by atoms with van der Waals surface area (Å²) in [6, 6.07) is 0. The SMILES string of the molecule is CCC(C)(CO)NCC(C)(C)C(=O)OC. The molecule has 90 valence electrons. The van der Waals surface area contributed by atoms with Gasteiger partial charge in [-0.3, -0.25) is 4.79 Å². The average Bonchev–Trinajstić information content (AvgIpc) is 2.24. The second-order valence-electron chi connectivity index (χ2n) is 4.80. The largest absolute Gasteiger partial charge is 0.469 e. The monoisotopic (exact) mass is 217 g/mol. The zero-order valence-corrected chi connectivity index (χ0v) is 10.4. The predicted octanol–water partition coefficient (Wildman–Crippen LogP) is 0.936. The molecule has 0 saturated carbocycles. The molecule has 0 fully saturated rings. The number of esters is 1. The Kier molecular flexibility index (Phi) is 5.24. The lowest BCUT2D eigenvalue weighted by Crippen LogP contribution is -2.50. The van der Waals surface area contributed by atoms with Crippen molar-refractivity contribution in [3.63, 3.8) is 0 Å². The molecule has 0 amide bonds. The minimum absolute atomic E-state index is 0.0563. The maximum Gasteiger partial charge on any atom is 0.312 e. The van der Waals surface area contributed by atoms with Gasteiger partial charge in [0.15, 0.2) is 0 Å². The molecule has 4 heteroatoms. The molecule has 1 atom stereocenters.